The molecule has 11 atom stereocenters. The third-order valence-corrected chi connectivity index (χ3v) is 24.8. The zero-order valence-corrected chi connectivity index (χ0v) is 64.1. The zero-order valence-electron chi connectivity index (χ0n) is 64.1. The molecule has 1 spiro atoms. The molecule has 2 bridgehead atoms. The molecule has 4 saturated heterocycles. The van der Waals surface area contributed by atoms with Crippen LogP contribution in [0.5, 0.6) is 0 Å². The number of hydrogen-bond donors (Lipinski definition) is 3. The van der Waals surface area contributed by atoms with Crippen LogP contribution in [0.2, 0.25) is 0 Å². The molecule has 4 aliphatic carbocycles. The fourth-order valence-corrected chi connectivity index (χ4v) is 17.9. The molecule has 3 N–H and O–H groups in total. The minimum Gasteiger partial charge on any atom is -0.343 e. The van der Waals surface area contributed by atoms with Gasteiger partial charge in [-0.2, -0.15) is 26.3 Å². The number of amides is 12. The van der Waals surface area contributed by atoms with Crippen LogP contribution in [0.25, 0.3) is 0 Å². The molecule has 32 heteroatoms. The molecule has 0 aromatic heterocycles. The van der Waals surface area contributed by atoms with Crippen molar-refractivity contribution in [3.05, 3.63) is 0 Å². The number of hydrogen-bond acceptors (Lipinski definition) is 12. The minimum atomic E-state index is -5.20. The van der Waals surface area contributed by atoms with Crippen LogP contribution < -0.4 is 16.0 Å². The highest BCUT2D eigenvalue weighted by Crippen LogP contribution is 2.46. The van der Waals surface area contributed by atoms with Gasteiger partial charge in [0.2, 0.25) is 70.9 Å². The Labute approximate surface area is 623 Å². The lowest BCUT2D eigenvalue weighted by Gasteiger charge is -2.43. The Bertz CT molecular complexity index is 3170. The average molecular weight is 1530 g/mol. The number of alkyl halides is 8. The summed E-state index contributed by atoms with van der Waals surface area (Å²) in [6.45, 7) is 6.26. The molecule has 8 rings (SSSR count). The number of nitrogens with zero attached hydrogens (tertiary/aromatic N) is 9. The smallest absolute Gasteiger partial charge is 0.343 e. The Morgan fingerprint density at radius 1 is 0.542 bits per heavy atom. The summed E-state index contributed by atoms with van der Waals surface area (Å²) in [5, 5.41) is 8.53. The molecule has 8 fully saturated rings. The Morgan fingerprint density at radius 3 is 1.72 bits per heavy atom. The molecule has 604 valence electrons. The molecule has 8 aliphatic rings. The highest BCUT2D eigenvalue weighted by Gasteiger charge is 2.56. The number of fused-ring (bicyclic) bond motifs is 3. The van der Waals surface area contributed by atoms with Gasteiger partial charge in [0.25, 0.3) is 0 Å². The van der Waals surface area contributed by atoms with E-state index in [1.54, 1.807) is 13.8 Å². The summed E-state index contributed by atoms with van der Waals surface area (Å²) in [5.74, 6) is -16.2. The van der Waals surface area contributed by atoms with Gasteiger partial charge in [0.1, 0.15) is 72.1 Å². The maximum absolute atomic E-state index is 15.6. The standard InChI is InChI=1S/C75H116F8N12O12/c1-11-45(4)62-70(105)88(6)43-60(98)89(7)54-23-13-12-18-35-95(69(54)104)57(40-46-25-28-49(29-26-46)74(78,79)80)67(102)87(5)42-58(96)84-52(30-27-47-38-50(76)61(51(77)39-47)75(81,82)83)66(101)94-36-19-24-53(94)65(100)86-73(31-16-17-32-73)72(107)92(10)63(48-21-14-15-22-48)71(106)91(9)56(68(103)93-33-20-34-93)41-59(97)90(8)55(37-44(2)3)64(99)85-62/h44-57,61-63H,11-43H2,1-10H3,(H,84,96)(H,85,99)(H,86,100)/t45-,46?,47?,49?,50?,51?,52-,53-,54-,55-,56-,57-,61?,62-,63-/m0/s1. The molecular formula is C75H116F8N12O12. The average Bonchev–Trinajstić information content (AvgIpc) is 1.74. The van der Waals surface area contributed by atoms with Gasteiger partial charge in [-0.15, -0.1) is 0 Å². The zero-order chi connectivity index (χ0) is 78.9. The molecule has 4 heterocycles. The monoisotopic (exact) mass is 1530 g/mol. The van der Waals surface area contributed by atoms with Crippen molar-refractivity contribution in [1.29, 1.82) is 0 Å². The molecule has 4 aliphatic heterocycles. The quantitative estimate of drug-likeness (QED) is 0.175. The fourth-order valence-electron chi connectivity index (χ4n) is 17.9. The van der Waals surface area contributed by atoms with Crippen LogP contribution in [0, 0.1) is 41.4 Å². The van der Waals surface area contributed by atoms with E-state index in [0.29, 0.717) is 83.7 Å². The Kier molecular flexibility index (Phi) is 29.4. The van der Waals surface area contributed by atoms with E-state index in [0.717, 1.165) is 9.80 Å². The SMILES string of the molecule is CC[C@H](C)[C@@H]1NC(=O)[C@H](CC(C)C)N(C)C(=O)C[C@@H](C(=O)N2CCC2)N(C)C(=O)[C@H](C2CCCC2)N(C)C(=O)C2(CCCC2)NC(=O)[C@@H]2CCCN2C(=O)[C@H](CCC2CC(F)C(C(F)(F)F)C(F)C2)NC(=O)CN(C)C(=O)[C@H](CC2CCC(C(F)(F)F)CC2)N2CCCCC[C@@H](C2=O)N(C)C(=O)CN(C)C1=O. The van der Waals surface area contributed by atoms with E-state index in [2.05, 4.69) is 16.0 Å². The third-order valence-electron chi connectivity index (χ3n) is 24.8. The maximum atomic E-state index is 15.6. The highest BCUT2D eigenvalue weighted by atomic mass is 19.4. The molecule has 24 nitrogen and oxygen atoms in total. The summed E-state index contributed by atoms with van der Waals surface area (Å²) in [7, 11) is 8.21. The Morgan fingerprint density at radius 2 is 1.14 bits per heavy atom. The van der Waals surface area contributed by atoms with Gasteiger partial charge in [0, 0.05) is 68.5 Å². The van der Waals surface area contributed by atoms with Crippen LogP contribution in [0.4, 0.5) is 35.1 Å². The molecular weight excluding hydrogens is 1410 g/mol. The number of likely N-dealkylation sites (N-methyl/N-ethyl adjacent to an activating group) is 6. The van der Waals surface area contributed by atoms with Gasteiger partial charge in [-0.05, 0) is 152 Å². The predicted octanol–water partition coefficient (Wildman–Crippen LogP) is 7.09. The number of rotatable bonds is 11. The van der Waals surface area contributed by atoms with Gasteiger partial charge in [-0.3, -0.25) is 57.5 Å². The van der Waals surface area contributed by atoms with Gasteiger partial charge in [-0.1, -0.05) is 72.6 Å². The van der Waals surface area contributed by atoms with E-state index in [1.807, 2.05) is 13.8 Å². The van der Waals surface area contributed by atoms with Crippen molar-refractivity contribution in [3.8, 4) is 0 Å². The first-order valence-electron chi connectivity index (χ1n) is 39.1. The lowest BCUT2D eigenvalue weighted by atomic mass is 9.76. The third kappa shape index (κ3) is 20.6. The largest absolute Gasteiger partial charge is 0.397 e. The van der Waals surface area contributed by atoms with Crippen LogP contribution in [0.1, 0.15) is 201 Å². The van der Waals surface area contributed by atoms with Crippen molar-refractivity contribution in [2.45, 2.75) is 280 Å². The second-order valence-corrected chi connectivity index (χ2v) is 32.7. The second kappa shape index (κ2) is 36.7. The van der Waals surface area contributed by atoms with Crippen molar-refractivity contribution in [1.82, 2.24) is 60.0 Å². The maximum Gasteiger partial charge on any atom is 0.397 e. The molecule has 107 heavy (non-hydrogen) atoms. The number of halogens is 8. The number of likely N-dealkylation sites (tertiary alicyclic amines) is 1. The first-order chi connectivity index (χ1) is 50.3. The minimum absolute atomic E-state index is 0.0206. The van der Waals surface area contributed by atoms with E-state index in [-0.39, 0.29) is 96.1 Å². The number of carbonyl (C=O) groups excluding carboxylic acids is 12. The van der Waals surface area contributed by atoms with Gasteiger partial charge < -0.3 is 60.0 Å². The van der Waals surface area contributed by atoms with Crippen LogP contribution in [0.15, 0.2) is 0 Å². The lowest BCUT2D eigenvalue weighted by molar-refractivity contribution is -0.219. The van der Waals surface area contributed by atoms with Crippen molar-refractivity contribution in [3.63, 3.8) is 0 Å². The predicted molar refractivity (Wildman–Crippen MR) is 378 cm³/mol. The molecule has 0 radical (unpaired) electrons. The van der Waals surface area contributed by atoms with E-state index < -0.39 is 224 Å². The number of nitrogens with one attached hydrogen (secondary N) is 3. The van der Waals surface area contributed by atoms with Gasteiger partial charge in [0.15, 0.2) is 0 Å². The van der Waals surface area contributed by atoms with Crippen molar-refractivity contribution >= 4 is 70.9 Å². The fraction of sp³-hybridized carbons (Fsp3) is 0.840. The summed E-state index contributed by atoms with van der Waals surface area (Å²) in [4.78, 5) is 192. The van der Waals surface area contributed by atoms with Gasteiger partial charge in [0.05, 0.1) is 25.4 Å². The van der Waals surface area contributed by atoms with E-state index in [1.165, 1.54) is 76.6 Å². The first-order valence-corrected chi connectivity index (χ1v) is 39.1. The normalized spacial score (nSPS) is 32.1. The first kappa shape index (κ1) is 85.7. The summed E-state index contributed by atoms with van der Waals surface area (Å²) in [5.41, 5.74) is -1.65. The molecule has 0 aromatic carbocycles. The molecule has 2 unspecified atom stereocenters. The van der Waals surface area contributed by atoms with E-state index in [9.17, 15) is 50.3 Å². The lowest BCUT2D eigenvalue weighted by Crippen LogP contribution is -2.65. The van der Waals surface area contributed by atoms with E-state index in [4.69, 9.17) is 0 Å². The summed E-state index contributed by atoms with van der Waals surface area (Å²) in [6.07, 6.45) is -12.2. The number of carbonyl (C=O) groups is 12. The molecule has 12 amide bonds. The Hall–Kier alpha value is -6.92. The molecule has 4 saturated carbocycles. The van der Waals surface area contributed by atoms with Crippen LogP contribution in [-0.4, -0.2) is 275 Å². The highest BCUT2D eigenvalue weighted by molar-refractivity contribution is 6.01. The summed E-state index contributed by atoms with van der Waals surface area (Å²) in [6, 6.07) is -10.8. The van der Waals surface area contributed by atoms with Crippen molar-refractivity contribution in [2.24, 2.45) is 41.4 Å². The van der Waals surface area contributed by atoms with E-state index >= 15 is 42.3 Å². The van der Waals surface area contributed by atoms with Crippen molar-refractivity contribution in [2.75, 3.05) is 81.6 Å². The van der Waals surface area contributed by atoms with Crippen LogP contribution in [0.3, 0.4) is 0 Å². The van der Waals surface area contributed by atoms with Gasteiger partial charge in [-0.25, -0.2) is 8.78 Å². The Balaban J connectivity index is 1.19. The van der Waals surface area contributed by atoms with Crippen molar-refractivity contribution < 1.29 is 92.7 Å². The summed E-state index contributed by atoms with van der Waals surface area (Å²) >= 11 is 0. The topological polar surface area (TPSA) is 270 Å². The molecule has 0 aromatic rings. The van der Waals surface area contributed by atoms with Crippen LogP contribution >= 0.6 is 0 Å². The summed E-state index contributed by atoms with van der Waals surface area (Å²) < 4.78 is 115. The van der Waals surface area contributed by atoms with Gasteiger partial charge >= 0.3 is 12.4 Å². The van der Waals surface area contributed by atoms with Crippen LogP contribution in [-0.2, 0) is 57.5 Å². The second-order valence-electron chi connectivity index (χ2n) is 32.7.